The number of nitrogens with two attached hydrogens (primary N) is 1. The molecule has 0 aliphatic heterocycles. The van der Waals surface area contributed by atoms with Gasteiger partial charge in [-0.2, -0.15) is 0 Å². The molecule has 3 nitrogen and oxygen atoms in total. The van der Waals surface area contributed by atoms with E-state index < -0.39 is 0 Å². The maximum atomic E-state index is 6.03. The van der Waals surface area contributed by atoms with Crippen LogP contribution in [0.1, 0.15) is 0 Å². The number of thiazole rings is 1. The van der Waals surface area contributed by atoms with Gasteiger partial charge in [0.2, 0.25) is 0 Å². The fraction of sp³-hybridized carbons (Fsp3) is 0.0714. The molecule has 0 atom stereocenters. The Balaban J connectivity index is 2.18. The van der Waals surface area contributed by atoms with Crippen LogP contribution in [-0.2, 0) is 0 Å². The summed E-state index contributed by atoms with van der Waals surface area (Å²) in [6, 6.07) is 11.7. The minimum absolute atomic E-state index is 0.707. The predicted octanol–water partition coefficient (Wildman–Crippen LogP) is 4.32. The summed E-state index contributed by atoms with van der Waals surface area (Å²) in [5, 5.41) is 0.907. The highest BCUT2D eigenvalue weighted by Gasteiger charge is 2.10. The van der Waals surface area contributed by atoms with E-state index >= 15 is 0 Å². The van der Waals surface area contributed by atoms with Crippen LogP contribution >= 0.6 is 27.3 Å². The number of halogens is 1. The molecule has 96 valence electrons. The third-order valence-electron chi connectivity index (χ3n) is 2.84. The van der Waals surface area contributed by atoms with E-state index in [9.17, 15) is 0 Å². The number of ether oxygens (including phenoxy) is 1. The maximum absolute atomic E-state index is 6.03. The Bertz CT molecular complexity index is 754. The molecule has 0 aliphatic rings. The molecule has 0 spiro atoms. The van der Waals surface area contributed by atoms with Gasteiger partial charge in [0.15, 0.2) is 0 Å². The van der Waals surface area contributed by atoms with Crippen LogP contribution in [-0.4, -0.2) is 12.1 Å². The molecule has 0 radical (unpaired) electrons. The van der Waals surface area contributed by atoms with Crippen LogP contribution in [0.15, 0.2) is 40.9 Å². The molecular formula is C14H11BrN2OS. The van der Waals surface area contributed by atoms with Gasteiger partial charge in [-0.05, 0) is 36.4 Å². The van der Waals surface area contributed by atoms with Gasteiger partial charge in [-0.1, -0.05) is 15.9 Å². The highest BCUT2D eigenvalue weighted by Crippen LogP contribution is 2.36. The SMILES string of the molecule is COc1ccc(N)c(-c2nc3ccc(Br)cc3s2)c1. The number of nitrogens with zero attached hydrogens (tertiary/aromatic N) is 1. The smallest absolute Gasteiger partial charge is 0.126 e. The van der Waals surface area contributed by atoms with Gasteiger partial charge < -0.3 is 10.5 Å². The van der Waals surface area contributed by atoms with Crippen LogP contribution in [0.2, 0.25) is 0 Å². The van der Waals surface area contributed by atoms with Crippen molar-refractivity contribution in [3.05, 3.63) is 40.9 Å². The number of anilines is 1. The zero-order valence-corrected chi connectivity index (χ0v) is 12.6. The van der Waals surface area contributed by atoms with E-state index in [1.54, 1.807) is 18.4 Å². The molecule has 2 N–H and O–H groups in total. The normalized spacial score (nSPS) is 10.8. The lowest BCUT2D eigenvalue weighted by atomic mass is 10.2. The van der Waals surface area contributed by atoms with E-state index in [-0.39, 0.29) is 0 Å². The fourth-order valence-electron chi connectivity index (χ4n) is 1.86. The average Bonchev–Trinajstić information content (AvgIpc) is 2.82. The Kier molecular flexibility index (Phi) is 3.16. The number of aromatic nitrogens is 1. The minimum Gasteiger partial charge on any atom is -0.497 e. The number of hydrogen-bond acceptors (Lipinski definition) is 4. The molecule has 0 unspecified atom stereocenters. The zero-order valence-electron chi connectivity index (χ0n) is 10.2. The summed E-state index contributed by atoms with van der Waals surface area (Å²) in [4.78, 5) is 4.62. The molecule has 5 heteroatoms. The van der Waals surface area contributed by atoms with Gasteiger partial charge in [0.1, 0.15) is 10.8 Å². The molecule has 0 saturated carbocycles. The standard InChI is InChI=1S/C14H11BrN2OS/c1-18-9-3-4-11(16)10(7-9)14-17-12-5-2-8(15)6-13(12)19-14/h2-7H,16H2,1H3. The lowest BCUT2D eigenvalue weighted by Crippen LogP contribution is -1.91. The molecule has 0 saturated heterocycles. The van der Waals surface area contributed by atoms with Gasteiger partial charge in [-0.15, -0.1) is 11.3 Å². The lowest BCUT2D eigenvalue weighted by Gasteiger charge is -2.05. The van der Waals surface area contributed by atoms with Crippen molar-refractivity contribution >= 4 is 43.2 Å². The van der Waals surface area contributed by atoms with E-state index in [4.69, 9.17) is 10.5 Å². The molecular weight excluding hydrogens is 324 g/mol. The lowest BCUT2D eigenvalue weighted by molar-refractivity contribution is 0.415. The molecule has 1 heterocycles. The van der Waals surface area contributed by atoms with E-state index in [0.717, 1.165) is 31.0 Å². The first-order chi connectivity index (χ1) is 9.17. The van der Waals surface area contributed by atoms with Crippen molar-refractivity contribution in [3.63, 3.8) is 0 Å². The molecule has 1 aromatic heterocycles. The summed E-state index contributed by atoms with van der Waals surface area (Å²) < 4.78 is 7.42. The van der Waals surface area contributed by atoms with Crippen molar-refractivity contribution < 1.29 is 4.74 Å². The second kappa shape index (κ2) is 4.83. The Morgan fingerprint density at radius 3 is 2.84 bits per heavy atom. The molecule has 0 aliphatic carbocycles. The van der Waals surface area contributed by atoms with E-state index in [0.29, 0.717) is 5.69 Å². The Morgan fingerprint density at radius 1 is 1.21 bits per heavy atom. The third kappa shape index (κ3) is 2.31. The van der Waals surface area contributed by atoms with Gasteiger partial charge in [0.05, 0.1) is 17.3 Å². The molecule has 0 amide bonds. The van der Waals surface area contributed by atoms with Crippen LogP contribution in [0.3, 0.4) is 0 Å². The Morgan fingerprint density at radius 2 is 2.05 bits per heavy atom. The summed E-state index contributed by atoms with van der Waals surface area (Å²) >= 11 is 5.09. The second-order valence-corrected chi connectivity index (χ2v) is 6.03. The van der Waals surface area contributed by atoms with Crippen LogP contribution in [0.25, 0.3) is 20.8 Å². The highest BCUT2D eigenvalue weighted by molar-refractivity contribution is 9.10. The number of hydrogen-bond donors (Lipinski definition) is 1. The van der Waals surface area contributed by atoms with Crippen molar-refractivity contribution in [1.29, 1.82) is 0 Å². The van der Waals surface area contributed by atoms with Gasteiger partial charge in [0.25, 0.3) is 0 Å². The molecule has 3 rings (SSSR count). The maximum Gasteiger partial charge on any atom is 0.126 e. The van der Waals surface area contributed by atoms with Crippen molar-refractivity contribution in [3.8, 4) is 16.3 Å². The van der Waals surface area contributed by atoms with Gasteiger partial charge in [-0.25, -0.2) is 4.98 Å². The van der Waals surface area contributed by atoms with Crippen LogP contribution in [0, 0.1) is 0 Å². The molecule has 3 aromatic rings. The molecule has 0 fully saturated rings. The first-order valence-electron chi connectivity index (χ1n) is 5.67. The summed E-state index contributed by atoms with van der Waals surface area (Å²) in [7, 11) is 1.64. The Hall–Kier alpha value is -1.59. The fourth-order valence-corrected chi connectivity index (χ4v) is 3.42. The van der Waals surface area contributed by atoms with Crippen molar-refractivity contribution in [2.75, 3.05) is 12.8 Å². The summed E-state index contributed by atoms with van der Waals surface area (Å²) in [5.74, 6) is 0.782. The number of benzene rings is 2. The predicted molar refractivity (Wildman–Crippen MR) is 83.7 cm³/mol. The second-order valence-electron chi connectivity index (χ2n) is 4.08. The topological polar surface area (TPSA) is 48.1 Å². The summed E-state index contributed by atoms with van der Waals surface area (Å²) in [6.07, 6.45) is 0. The Labute approximate surface area is 123 Å². The largest absolute Gasteiger partial charge is 0.497 e. The van der Waals surface area contributed by atoms with Crippen LogP contribution < -0.4 is 10.5 Å². The van der Waals surface area contributed by atoms with Gasteiger partial charge in [0, 0.05) is 15.7 Å². The number of methoxy groups -OCH3 is 1. The summed E-state index contributed by atoms with van der Waals surface area (Å²) in [5.41, 5.74) is 8.63. The zero-order chi connectivity index (χ0) is 13.4. The first-order valence-corrected chi connectivity index (χ1v) is 7.28. The molecule has 19 heavy (non-hydrogen) atoms. The molecule has 0 bridgehead atoms. The van der Waals surface area contributed by atoms with Gasteiger partial charge in [-0.3, -0.25) is 0 Å². The average molecular weight is 335 g/mol. The van der Waals surface area contributed by atoms with Crippen molar-refractivity contribution in [2.45, 2.75) is 0 Å². The van der Waals surface area contributed by atoms with Crippen molar-refractivity contribution in [2.24, 2.45) is 0 Å². The van der Waals surface area contributed by atoms with Crippen molar-refractivity contribution in [1.82, 2.24) is 4.98 Å². The minimum atomic E-state index is 0.707. The summed E-state index contributed by atoms with van der Waals surface area (Å²) in [6.45, 7) is 0. The van der Waals surface area contributed by atoms with E-state index in [2.05, 4.69) is 27.0 Å². The number of nitrogen functional groups attached to an aromatic ring is 1. The monoisotopic (exact) mass is 334 g/mol. The first kappa shape index (κ1) is 12.4. The number of fused-ring (bicyclic) bond motifs is 1. The third-order valence-corrected chi connectivity index (χ3v) is 4.39. The highest BCUT2D eigenvalue weighted by atomic mass is 79.9. The van der Waals surface area contributed by atoms with Crippen LogP contribution in [0.5, 0.6) is 5.75 Å². The van der Waals surface area contributed by atoms with E-state index in [1.165, 1.54) is 0 Å². The van der Waals surface area contributed by atoms with Crippen LogP contribution in [0.4, 0.5) is 5.69 Å². The quantitative estimate of drug-likeness (QED) is 0.710. The molecule has 2 aromatic carbocycles. The van der Waals surface area contributed by atoms with E-state index in [1.807, 2.05) is 30.3 Å². The number of rotatable bonds is 2. The van der Waals surface area contributed by atoms with Gasteiger partial charge >= 0.3 is 0 Å².